The van der Waals surface area contributed by atoms with E-state index in [2.05, 4.69) is 16.5 Å². The van der Waals surface area contributed by atoms with Gasteiger partial charge in [-0.05, 0) is 43.0 Å². The Labute approximate surface area is 155 Å². The summed E-state index contributed by atoms with van der Waals surface area (Å²) in [7, 11) is 0. The predicted octanol–water partition coefficient (Wildman–Crippen LogP) is 3.63. The second kappa shape index (κ2) is 6.72. The highest BCUT2D eigenvalue weighted by atomic mass is 16.5. The quantitative estimate of drug-likeness (QED) is 0.739. The van der Waals surface area contributed by atoms with Crippen LogP contribution in [0.15, 0.2) is 53.1 Å². The molecular weight excluding hydrogens is 344 g/mol. The molecule has 6 nitrogen and oxygen atoms in total. The highest BCUT2D eigenvalue weighted by Gasteiger charge is 2.28. The van der Waals surface area contributed by atoms with Gasteiger partial charge in [-0.25, -0.2) is 4.79 Å². The first-order chi connectivity index (χ1) is 13.0. The van der Waals surface area contributed by atoms with Gasteiger partial charge in [-0.1, -0.05) is 41.6 Å². The summed E-state index contributed by atoms with van der Waals surface area (Å²) in [6.07, 6.45) is 1.55. The van der Waals surface area contributed by atoms with E-state index in [4.69, 9.17) is 9.63 Å². The van der Waals surface area contributed by atoms with Crippen molar-refractivity contribution in [3.05, 3.63) is 76.5 Å². The van der Waals surface area contributed by atoms with Crippen molar-refractivity contribution in [3.8, 4) is 11.3 Å². The van der Waals surface area contributed by atoms with E-state index in [0.717, 1.165) is 23.1 Å². The SMILES string of the molecule is C[C@@H](NC(=O)c1noc2c1CCc1ccccc1-2)c1ccc(C(=O)O)cc1. The number of hydrogen-bond donors (Lipinski definition) is 2. The van der Waals surface area contributed by atoms with E-state index < -0.39 is 5.97 Å². The number of aromatic nitrogens is 1. The summed E-state index contributed by atoms with van der Waals surface area (Å²) in [5.41, 5.74) is 4.35. The van der Waals surface area contributed by atoms with Crippen molar-refractivity contribution in [2.24, 2.45) is 0 Å². The van der Waals surface area contributed by atoms with Gasteiger partial charge in [-0.3, -0.25) is 4.79 Å². The number of nitrogens with zero attached hydrogens (tertiary/aromatic N) is 1. The first-order valence-corrected chi connectivity index (χ1v) is 8.75. The zero-order chi connectivity index (χ0) is 19.0. The van der Waals surface area contributed by atoms with Crippen LogP contribution in [0.3, 0.4) is 0 Å². The summed E-state index contributed by atoms with van der Waals surface area (Å²) < 4.78 is 5.49. The topological polar surface area (TPSA) is 92.4 Å². The number of benzene rings is 2. The molecule has 1 aliphatic carbocycles. The van der Waals surface area contributed by atoms with Crippen LogP contribution in [-0.2, 0) is 12.8 Å². The molecule has 0 spiro atoms. The molecule has 0 fully saturated rings. The summed E-state index contributed by atoms with van der Waals surface area (Å²) in [4.78, 5) is 23.7. The first-order valence-electron chi connectivity index (χ1n) is 8.75. The molecule has 0 bridgehead atoms. The van der Waals surface area contributed by atoms with Crippen LogP contribution in [0.5, 0.6) is 0 Å². The lowest BCUT2D eigenvalue weighted by atomic mass is 9.89. The van der Waals surface area contributed by atoms with Gasteiger partial charge in [0.2, 0.25) is 0 Å². The number of carbonyl (C=O) groups is 2. The number of nitrogens with one attached hydrogen (secondary N) is 1. The Balaban J connectivity index is 1.54. The molecule has 3 aromatic rings. The van der Waals surface area contributed by atoms with Gasteiger partial charge in [0.25, 0.3) is 5.91 Å². The maximum Gasteiger partial charge on any atom is 0.335 e. The van der Waals surface area contributed by atoms with E-state index >= 15 is 0 Å². The van der Waals surface area contributed by atoms with E-state index in [9.17, 15) is 9.59 Å². The van der Waals surface area contributed by atoms with Gasteiger partial charge < -0.3 is 14.9 Å². The second-order valence-corrected chi connectivity index (χ2v) is 6.62. The number of amides is 1. The minimum atomic E-state index is -0.979. The lowest BCUT2D eigenvalue weighted by Gasteiger charge is -2.16. The molecular formula is C21H18N2O4. The number of carbonyl (C=O) groups excluding carboxylic acids is 1. The van der Waals surface area contributed by atoms with Crippen LogP contribution >= 0.6 is 0 Å². The number of carboxylic acids is 1. The Bertz CT molecular complexity index is 1020. The Kier molecular flexibility index (Phi) is 4.24. The van der Waals surface area contributed by atoms with Gasteiger partial charge in [0.15, 0.2) is 11.5 Å². The molecule has 1 aromatic heterocycles. The molecule has 136 valence electrons. The van der Waals surface area contributed by atoms with Gasteiger partial charge in [0.05, 0.1) is 11.6 Å². The highest BCUT2D eigenvalue weighted by Crippen LogP contribution is 2.35. The molecule has 2 aromatic carbocycles. The van der Waals surface area contributed by atoms with Gasteiger partial charge in [0, 0.05) is 11.1 Å². The molecule has 1 heterocycles. The Hall–Kier alpha value is -3.41. The minimum absolute atomic E-state index is 0.210. The first kappa shape index (κ1) is 17.0. The number of carboxylic acid groups (broad SMARTS) is 1. The summed E-state index contributed by atoms with van der Waals surface area (Å²) in [5, 5.41) is 15.9. The third-order valence-electron chi connectivity index (χ3n) is 4.91. The molecule has 27 heavy (non-hydrogen) atoms. The van der Waals surface area contributed by atoms with Crippen molar-refractivity contribution in [3.63, 3.8) is 0 Å². The summed E-state index contributed by atoms with van der Waals surface area (Å²) in [5.74, 6) is -0.609. The van der Waals surface area contributed by atoms with Gasteiger partial charge in [-0.2, -0.15) is 0 Å². The van der Waals surface area contributed by atoms with E-state index in [1.165, 1.54) is 17.7 Å². The monoisotopic (exact) mass is 362 g/mol. The van der Waals surface area contributed by atoms with Crippen molar-refractivity contribution in [2.75, 3.05) is 0 Å². The molecule has 4 rings (SSSR count). The lowest BCUT2D eigenvalue weighted by Crippen LogP contribution is -2.28. The molecule has 6 heteroatoms. The van der Waals surface area contributed by atoms with E-state index in [-0.39, 0.29) is 17.5 Å². The fourth-order valence-corrected chi connectivity index (χ4v) is 3.41. The molecule has 0 saturated carbocycles. The number of aromatic carboxylic acids is 1. The van der Waals surface area contributed by atoms with Gasteiger partial charge in [-0.15, -0.1) is 0 Å². The smallest absolute Gasteiger partial charge is 0.335 e. The van der Waals surface area contributed by atoms with Gasteiger partial charge >= 0.3 is 5.97 Å². The van der Waals surface area contributed by atoms with Crippen molar-refractivity contribution < 1.29 is 19.2 Å². The molecule has 1 aliphatic rings. The zero-order valence-electron chi connectivity index (χ0n) is 14.7. The zero-order valence-corrected chi connectivity index (χ0v) is 14.7. The van der Waals surface area contributed by atoms with E-state index in [1.807, 2.05) is 25.1 Å². The Morgan fingerprint density at radius 2 is 1.85 bits per heavy atom. The standard InChI is InChI=1S/C21H18N2O4/c1-12(13-6-8-15(9-7-13)21(25)26)22-20(24)18-17-11-10-14-4-2-3-5-16(14)19(17)27-23-18/h2-9,12H,10-11H2,1H3,(H,22,24)(H,25,26)/t12-/m1/s1. The third kappa shape index (κ3) is 3.10. The number of aryl methyl sites for hydroxylation is 1. The van der Waals surface area contributed by atoms with Crippen LogP contribution in [0.2, 0.25) is 0 Å². The van der Waals surface area contributed by atoms with E-state index in [1.54, 1.807) is 12.1 Å². The van der Waals surface area contributed by atoms with Crippen LogP contribution in [0, 0.1) is 0 Å². The van der Waals surface area contributed by atoms with Crippen molar-refractivity contribution in [1.82, 2.24) is 10.5 Å². The minimum Gasteiger partial charge on any atom is -0.478 e. The summed E-state index contributed by atoms with van der Waals surface area (Å²) in [6.45, 7) is 1.84. The van der Waals surface area contributed by atoms with Crippen molar-refractivity contribution >= 4 is 11.9 Å². The normalized spacial score (nSPS) is 13.4. The lowest BCUT2D eigenvalue weighted by molar-refractivity contribution is 0.0696. The molecule has 0 radical (unpaired) electrons. The number of fused-ring (bicyclic) bond motifs is 3. The van der Waals surface area contributed by atoms with Crippen LogP contribution in [0.1, 0.15) is 50.5 Å². The van der Waals surface area contributed by atoms with Crippen molar-refractivity contribution in [1.29, 1.82) is 0 Å². The van der Waals surface area contributed by atoms with Gasteiger partial charge in [0.1, 0.15) is 0 Å². The molecule has 0 saturated heterocycles. The van der Waals surface area contributed by atoms with Crippen molar-refractivity contribution in [2.45, 2.75) is 25.8 Å². The maximum absolute atomic E-state index is 12.7. The molecule has 1 atom stereocenters. The average molecular weight is 362 g/mol. The summed E-state index contributed by atoms with van der Waals surface area (Å²) in [6, 6.07) is 14.1. The fourth-order valence-electron chi connectivity index (χ4n) is 3.41. The van der Waals surface area contributed by atoms with Crippen LogP contribution in [0.25, 0.3) is 11.3 Å². The molecule has 2 N–H and O–H groups in total. The fraction of sp³-hybridized carbons (Fsp3) is 0.190. The predicted molar refractivity (Wildman–Crippen MR) is 98.6 cm³/mol. The van der Waals surface area contributed by atoms with Crippen LogP contribution in [-0.4, -0.2) is 22.1 Å². The number of hydrogen-bond acceptors (Lipinski definition) is 4. The Morgan fingerprint density at radius 3 is 2.59 bits per heavy atom. The summed E-state index contributed by atoms with van der Waals surface area (Å²) >= 11 is 0. The Morgan fingerprint density at radius 1 is 1.11 bits per heavy atom. The van der Waals surface area contributed by atoms with E-state index in [0.29, 0.717) is 17.9 Å². The largest absolute Gasteiger partial charge is 0.478 e. The maximum atomic E-state index is 12.7. The highest BCUT2D eigenvalue weighted by molar-refractivity contribution is 5.96. The molecule has 0 unspecified atom stereocenters. The second-order valence-electron chi connectivity index (χ2n) is 6.62. The number of rotatable bonds is 4. The average Bonchev–Trinajstić information content (AvgIpc) is 3.12. The van der Waals surface area contributed by atoms with Crippen LogP contribution < -0.4 is 5.32 Å². The molecule has 0 aliphatic heterocycles. The molecule has 1 amide bonds. The third-order valence-corrected chi connectivity index (χ3v) is 4.91. The van der Waals surface area contributed by atoms with Crippen LogP contribution in [0.4, 0.5) is 0 Å².